The number of pyridine rings is 1. The first kappa shape index (κ1) is 18.2. The summed E-state index contributed by atoms with van der Waals surface area (Å²) in [5, 5.41) is 0. The summed E-state index contributed by atoms with van der Waals surface area (Å²) in [4.78, 5) is 21.5. The van der Waals surface area contributed by atoms with Crippen LogP contribution in [0.2, 0.25) is 0 Å². The van der Waals surface area contributed by atoms with Crippen molar-refractivity contribution in [1.29, 1.82) is 0 Å². The summed E-state index contributed by atoms with van der Waals surface area (Å²) in [6, 6.07) is 8.41. The Labute approximate surface area is 162 Å². The van der Waals surface area contributed by atoms with Gasteiger partial charge in [0.2, 0.25) is 5.95 Å². The van der Waals surface area contributed by atoms with Crippen LogP contribution in [0.5, 0.6) is 0 Å². The Morgan fingerprint density at radius 2 is 1.59 bits per heavy atom. The van der Waals surface area contributed by atoms with E-state index in [0.717, 1.165) is 75.4 Å². The summed E-state index contributed by atoms with van der Waals surface area (Å²) in [7, 11) is 0. The molecule has 0 atom stereocenters. The molecular formula is C21H30N6. The molecule has 0 saturated carbocycles. The number of hydrogen-bond acceptors (Lipinski definition) is 6. The van der Waals surface area contributed by atoms with Gasteiger partial charge in [-0.15, -0.1) is 0 Å². The number of piperazine rings is 1. The zero-order valence-corrected chi connectivity index (χ0v) is 16.6. The van der Waals surface area contributed by atoms with Crippen molar-refractivity contribution < 1.29 is 0 Å². The second kappa shape index (κ2) is 8.21. The SMILES string of the molecule is Cc1cccc(CCN2CCN(c3nc(C)cc(N4CCCC4)n3)CC2)n1. The molecule has 0 bridgehead atoms. The van der Waals surface area contributed by atoms with E-state index in [1.54, 1.807) is 0 Å². The second-order valence-electron chi connectivity index (χ2n) is 7.71. The van der Waals surface area contributed by atoms with E-state index in [-0.39, 0.29) is 0 Å². The number of rotatable bonds is 5. The van der Waals surface area contributed by atoms with Gasteiger partial charge in [-0.1, -0.05) is 6.07 Å². The Morgan fingerprint density at radius 1 is 0.815 bits per heavy atom. The van der Waals surface area contributed by atoms with Gasteiger partial charge < -0.3 is 9.80 Å². The summed E-state index contributed by atoms with van der Waals surface area (Å²) in [6.07, 6.45) is 3.56. The predicted octanol–water partition coefficient (Wildman–Crippen LogP) is 2.45. The Kier molecular flexibility index (Phi) is 5.53. The standard InChI is InChI=1S/C21H30N6/c1-17-6-5-7-19(22-17)8-11-25-12-14-27(15-13-25)21-23-18(2)16-20(24-21)26-9-3-4-10-26/h5-7,16H,3-4,8-15H2,1-2H3. The van der Waals surface area contributed by atoms with Gasteiger partial charge in [-0.25, -0.2) is 4.98 Å². The summed E-state index contributed by atoms with van der Waals surface area (Å²) in [5.74, 6) is 2.00. The Balaban J connectivity index is 1.33. The quantitative estimate of drug-likeness (QED) is 0.810. The predicted molar refractivity (Wildman–Crippen MR) is 110 cm³/mol. The molecule has 2 aromatic rings. The lowest BCUT2D eigenvalue weighted by Crippen LogP contribution is -2.47. The monoisotopic (exact) mass is 366 g/mol. The van der Waals surface area contributed by atoms with Gasteiger partial charge in [0.05, 0.1) is 0 Å². The average Bonchev–Trinajstić information content (AvgIpc) is 3.21. The number of aromatic nitrogens is 3. The van der Waals surface area contributed by atoms with Crippen LogP contribution in [0.4, 0.5) is 11.8 Å². The van der Waals surface area contributed by atoms with Crippen LogP contribution >= 0.6 is 0 Å². The molecule has 0 spiro atoms. The van der Waals surface area contributed by atoms with Gasteiger partial charge in [-0.3, -0.25) is 9.88 Å². The largest absolute Gasteiger partial charge is 0.356 e. The fraction of sp³-hybridized carbons (Fsp3) is 0.571. The highest BCUT2D eigenvalue weighted by Crippen LogP contribution is 2.22. The molecule has 0 amide bonds. The van der Waals surface area contributed by atoms with Gasteiger partial charge in [-0.05, 0) is 38.8 Å². The van der Waals surface area contributed by atoms with E-state index >= 15 is 0 Å². The first-order valence-electron chi connectivity index (χ1n) is 10.2. The van der Waals surface area contributed by atoms with E-state index in [0.29, 0.717) is 0 Å². The molecule has 0 radical (unpaired) electrons. The van der Waals surface area contributed by atoms with Crippen molar-refractivity contribution in [1.82, 2.24) is 19.9 Å². The molecule has 4 heterocycles. The van der Waals surface area contributed by atoms with Crippen molar-refractivity contribution in [2.24, 2.45) is 0 Å². The van der Waals surface area contributed by atoms with E-state index in [1.807, 2.05) is 0 Å². The number of anilines is 2. The topological polar surface area (TPSA) is 48.4 Å². The lowest BCUT2D eigenvalue weighted by atomic mass is 10.2. The van der Waals surface area contributed by atoms with E-state index in [2.05, 4.69) is 57.8 Å². The fourth-order valence-corrected chi connectivity index (χ4v) is 3.97. The summed E-state index contributed by atoms with van der Waals surface area (Å²) in [5.41, 5.74) is 3.35. The second-order valence-corrected chi connectivity index (χ2v) is 7.71. The molecule has 6 heteroatoms. The minimum absolute atomic E-state index is 0.900. The molecule has 0 aromatic carbocycles. The molecule has 0 N–H and O–H groups in total. The van der Waals surface area contributed by atoms with Crippen LogP contribution in [-0.2, 0) is 6.42 Å². The summed E-state index contributed by atoms with van der Waals surface area (Å²) in [6.45, 7) is 11.5. The van der Waals surface area contributed by atoms with Crippen molar-refractivity contribution in [3.63, 3.8) is 0 Å². The third kappa shape index (κ3) is 4.56. The van der Waals surface area contributed by atoms with Gasteiger partial charge in [0.15, 0.2) is 0 Å². The first-order valence-corrected chi connectivity index (χ1v) is 10.2. The van der Waals surface area contributed by atoms with Crippen LogP contribution < -0.4 is 9.80 Å². The van der Waals surface area contributed by atoms with E-state index in [4.69, 9.17) is 9.97 Å². The van der Waals surface area contributed by atoms with Gasteiger partial charge in [0.25, 0.3) is 0 Å². The highest BCUT2D eigenvalue weighted by molar-refractivity contribution is 5.46. The zero-order valence-electron chi connectivity index (χ0n) is 16.6. The van der Waals surface area contributed by atoms with Crippen LogP contribution in [0.1, 0.15) is 29.9 Å². The molecule has 2 aromatic heterocycles. The van der Waals surface area contributed by atoms with Gasteiger partial charge >= 0.3 is 0 Å². The minimum Gasteiger partial charge on any atom is -0.356 e. The Hall–Kier alpha value is -2.21. The smallest absolute Gasteiger partial charge is 0.227 e. The lowest BCUT2D eigenvalue weighted by molar-refractivity contribution is 0.259. The van der Waals surface area contributed by atoms with Crippen LogP contribution in [0.25, 0.3) is 0 Å². The average molecular weight is 367 g/mol. The summed E-state index contributed by atoms with van der Waals surface area (Å²) >= 11 is 0. The Bertz CT molecular complexity index is 763. The molecule has 2 fully saturated rings. The van der Waals surface area contributed by atoms with E-state index < -0.39 is 0 Å². The molecule has 144 valence electrons. The van der Waals surface area contributed by atoms with Crippen LogP contribution in [-0.4, -0.2) is 65.7 Å². The van der Waals surface area contributed by atoms with Gasteiger partial charge in [0.1, 0.15) is 5.82 Å². The number of hydrogen-bond donors (Lipinski definition) is 0. The van der Waals surface area contributed by atoms with Crippen LogP contribution in [0, 0.1) is 13.8 Å². The van der Waals surface area contributed by atoms with Gasteiger partial charge in [0, 0.05) is 75.4 Å². The number of aryl methyl sites for hydroxylation is 2. The molecule has 2 aliphatic rings. The van der Waals surface area contributed by atoms with Crippen molar-refractivity contribution in [2.45, 2.75) is 33.1 Å². The third-order valence-corrected chi connectivity index (χ3v) is 5.54. The van der Waals surface area contributed by atoms with Crippen molar-refractivity contribution in [3.8, 4) is 0 Å². The highest BCUT2D eigenvalue weighted by atomic mass is 15.3. The highest BCUT2D eigenvalue weighted by Gasteiger charge is 2.21. The molecule has 2 aliphatic heterocycles. The number of nitrogens with zero attached hydrogens (tertiary/aromatic N) is 6. The molecule has 2 saturated heterocycles. The molecular weight excluding hydrogens is 336 g/mol. The minimum atomic E-state index is 0.900. The van der Waals surface area contributed by atoms with E-state index in [1.165, 1.54) is 18.5 Å². The Morgan fingerprint density at radius 3 is 2.33 bits per heavy atom. The van der Waals surface area contributed by atoms with Gasteiger partial charge in [-0.2, -0.15) is 4.98 Å². The first-order chi connectivity index (χ1) is 13.2. The maximum Gasteiger partial charge on any atom is 0.227 e. The van der Waals surface area contributed by atoms with Crippen molar-refractivity contribution in [3.05, 3.63) is 41.3 Å². The lowest BCUT2D eigenvalue weighted by Gasteiger charge is -2.35. The fourth-order valence-electron chi connectivity index (χ4n) is 3.97. The summed E-state index contributed by atoms with van der Waals surface area (Å²) < 4.78 is 0. The van der Waals surface area contributed by atoms with Crippen LogP contribution in [0.3, 0.4) is 0 Å². The van der Waals surface area contributed by atoms with Crippen molar-refractivity contribution >= 4 is 11.8 Å². The zero-order chi connectivity index (χ0) is 18.6. The molecule has 0 aliphatic carbocycles. The van der Waals surface area contributed by atoms with Crippen LogP contribution in [0.15, 0.2) is 24.3 Å². The maximum atomic E-state index is 4.88. The molecule has 0 unspecified atom stereocenters. The molecule has 27 heavy (non-hydrogen) atoms. The molecule has 6 nitrogen and oxygen atoms in total. The third-order valence-electron chi connectivity index (χ3n) is 5.54. The van der Waals surface area contributed by atoms with E-state index in [9.17, 15) is 0 Å². The van der Waals surface area contributed by atoms with Crippen molar-refractivity contribution in [2.75, 3.05) is 55.6 Å². The maximum absolute atomic E-state index is 4.88. The molecule has 4 rings (SSSR count). The normalized spacial score (nSPS) is 18.3.